The van der Waals surface area contributed by atoms with Gasteiger partial charge in [0.1, 0.15) is 5.52 Å². The van der Waals surface area contributed by atoms with Crippen LogP contribution in [0.1, 0.15) is 19.8 Å². The number of para-hydroxylation sites is 1. The lowest BCUT2D eigenvalue weighted by Gasteiger charge is -2.11. The minimum Gasteiger partial charge on any atom is -0.369 e. The number of fused-ring (bicyclic) bond motifs is 1. The Morgan fingerprint density at radius 3 is 2.68 bits per heavy atom. The molecule has 0 radical (unpaired) electrons. The third-order valence-corrected chi connectivity index (χ3v) is 4.94. The predicted molar refractivity (Wildman–Crippen MR) is 74.6 cm³/mol. The standard InChI is InChI=1S/C13H17N3O2S/c1-13(6-7-13)8-16-9-4-3-5-10(19(2,17)18)11(9)15-12(16)14/h3-5H,6-8H2,1-2H3,(H2,14,15). The zero-order valence-electron chi connectivity index (χ0n) is 11.0. The molecule has 1 aliphatic carbocycles. The number of hydrogen-bond acceptors (Lipinski definition) is 4. The number of rotatable bonds is 3. The van der Waals surface area contributed by atoms with Crippen molar-refractivity contribution in [3.63, 3.8) is 0 Å². The van der Waals surface area contributed by atoms with Gasteiger partial charge < -0.3 is 10.3 Å². The molecule has 2 aromatic rings. The van der Waals surface area contributed by atoms with Gasteiger partial charge in [0.15, 0.2) is 9.84 Å². The van der Waals surface area contributed by atoms with Gasteiger partial charge in [-0.1, -0.05) is 13.0 Å². The molecule has 0 aliphatic heterocycles. The molecule has 0 bridgehead atoms. The third-order valence-electron chi connectivity index (χ3n) is 3.81. The van der Waals surface area contributed by atoms with Crippen LogP contribution in [0.15, 0.2) is 23.1 Å². The second-order valence-electron chi connectivity index (χ2n) is 5.76. The van der Waals surface area contributed by atoms with Crippen LogP contribution in [0.4, 0.5) is 5.95 Å². The second kappa shape index (κ2) is 3.72. The lowest BCUT2D eigenvalue weighted by atomic mass is 10.1. The van der Waals surface area contributed by atoms with Crippen LogP contribution >= 0.6 is 0 Å². The molecule has 19 heavy (non-hydrogen) atoms. The highest BCUT2D eigenvalue weighted by atomic mass is 32.2. The molecule has 1 fully saturated rings. The molecular formula is C13H17N3O2S. The Bertz CT molecular complexity index is 758. The number of nitrogens with two attached hydrogens (primary N) is 1. The third kappa shape index (κ3) is 2.10. The van der Waals surface area contributed by atoms with Gasteiger partial charge in [0.05, 0.1) is 10.4 Å². The quantitative estimate of drug-likeness (QED) is 0.929. The minimum atomic E-state index is -3.29. The number of nitrogens with zero attached hydrogens (tertiary/aromatic N) is 2. The van der Waals surface area contributed by atoms with Crippen LogP contribution < -0.4 is 5.73 Å². The van der Waals surface area contributed by atoms with Crippen molar-refractivity contribution >= 4 is 26.8 Å². The van der Waals surface area contributed by atoms with Crippen molar-refractivity contribution in [2.75, 3.05) is 12.0 Å². The van der Waals surface area contributed by atoms with E-state index >= 15 is 0 Å². The SMILES string of the molecule is CC1(Cn2c(N)nc3c(S(C)(=O)=O)cccc32)CC1. The molecule has 6 heteroatoms. The molecule has 2 N–H and O–H groups in total. The van der Waals surface area contributed by atoms with Crippen molar-refractivity contribution in [1.82, 2.24) is 9.55 Å². The van der Waals surface area contributed by atoms with E-state index in [2.05, 4.69) is 11.9 Å². The van der Waals surface area contributed by atoms with Crippen LogP contribution in [0.5, 0.6) is 0 Å². The van der Waals surface area contributed by atoms with Gasteiger partial charge in [-0.25, -0.2) is 13.4 Å². The Hall–Kier alpha value is -1.56. The maximum Gasteiger partial charge on any atom is 0.201 e. The van der Waals surface area contributed by atoms with E-state index in [9.17, 15) is 8.42 Å². The van der Waals surface area contributed by atoms with Crippen molar-refractivity contribution in [3.8, 4) is 0 Å². The summed E-state index contributed by atoms with van der Waals surface area (Å²) in [6, 6.07) is 5.19. The Kier molecular flexibility index (Phi) is 2.44. The van der Waals surface area contributed by atoms with Gasteiger partial charge in [-0.15, -0.1) is 0 Å². The number of sulfone groups is 1. The molecule has 1 saturated carbocycles. The minimum absolute atomic E-state index is 0.247. The topological polar surface area (TPSA) is 78.0 Å². The van der Waals surface area contributed by atoms with Gasteiger partial charge in [0.2, 0.25) is 5.95 Å². The maximum atomic E-state index is 11.8. The van der Waals surface area contributed by atoms with Gasteiger partial charge >= 0.3 is 0 Å². The number of imidazole rings is 1. The Labute approximate surface area is 112 Å². The number of anilines is 1. The van der Waals surface area contributed by atoms with Crippen LogP contribution in [-0.4, -0.2) is 24.2 Å². The highest BCUT2D eigenvalue weighted by Gasteiger charge is 2.38. The number of benzene rings is 1. The molecule has 3 rings (SSSR count). The molecule has 5 nitrogen and oxygen atoms in total. The van der Waals surface area contributed by atoms with Gasteiger partial charge in [-0.3, -0.25) is 0 Å². The number of aromatic nitrogens is 2. The van der Waals surface area contributed by atoms with E-state index in [1.807, 2.05) is 10.6 Å². The smallest absolute Gasteiger partial charge is 0.201 e. The summed E-state index contributed by atoms with van der Waals surface area (Å²) in [5, 5.41) is 0. The van der Waals surface area contributed by atoms with Gasteiger partial charge in [-0.05, 0) is 30.4 Å². The molecule has 102 valence electrons. The van der Waals surface area contributed by atoms with Crippen molar-refractivity contribution in [2.24, 2.45) is 5.41 Å². The summed E-state index contributed by atoms with van der Waals surface area (Å²) < 4.78 is 25.5. The van der Waals surface area contributed by atoms with Crippen molar-refractivity contribution in [2.45, 2.75) is 31.2 Å². The van der Waals surface area contributed by atoms with Crippen LogP contribution in [0, 0.1) is 5.41 Å². The summed E-state index contributed by atoms with van der Waals surface area (Å²) in [6.07, 6.45) is 3.55. The fourth-order valence-electron chi connectivity index (χ4n) is 2.36. The summed E-state index contributed by atoms with van der Waals surface area (Å²) in [7, 11) is -3.29. The lowest BCUT2D eigenvalue weighted by molar-refractivity contribution is 0.476. The first-order chi connectivity index (χ1) is 8.80. The molecule has 0 spiro atoms. The average Bonchev–Trinajstić information content (AvgIpc) is 2.95. The first-order valence-corrected chi connectivity index (χ1v) is 8.14. The highest BCUT2D eigenvalue weighted by molar-refractivity contribution is 7.91. The van der Waals surface area contributed by atoms with E-state index in [-0.39, 0.29) is 10.3 Å². The van der Waals surface area contributed by atoms with E-state index in [1.165, 1.54) is 19.1 Å². The summed E-state index contributed by atoms with van der Waals surface area (Å²) in [5.74, 6) is 0.388. The molecule has 1 aromatic heterocycles. The largest absolute Gasteiger partial charge is 0.369 e. The van der Waals surface area contributed by atoms with Crippen molar-refractivity contribution in [1.29, 1.82) is 0 Å². The van der Waals surface area contributed by atoms with Gasteiger partial charge in [0.25, 0.3) is 0 Å². The molecule has 0 amide bonds. The van der Waals surface area contributed by atoms with E-state index in [1.54, 1.807) is 12.1 Å². The fraction of sp³-hybridized carbons (Fsp3) is 0.462. The molecule has 0 unspecified atom stereocenters. The average molecular weight is 279 g/mol. The maximum absolute atomic E-state index is 11.8. The number of hydrogen-bond donors (Lipinski definition) is 1. The van der Waals surface area contributed by atoms with Crippen LogP contribution in [0.3, 0.4) is 0 Å². The van der Waals surface area contributed by atoms with Crippen LogP contribution in [-0.2, 0) is 16.4 Å². The Morgan fingerprint density at radius 2 is 2.11 bits per heavy atom. The summed E-state index contributed by atoms with van der Waals surface area (Å²) >= 11 is 0. The lowest BCUT2D eigenvalue weighted by Crippen LogP contribution is -2.10. The predicted octanol–water partition coefficient (Wildman–Crippen LogP) is 1.82. The number of nitrogen functional groups attached to an aromatic ring is 1. The molecule has 0 atom stereocenters. The normalized spacial score (nSPS) is 17.8. The van der Waals surface area contributed by atoms with Crippen molar-refractivity contribution in [3.05, 3.63) is 18.2 Å². The molecule has 1 heterocycles. The first-order valence-electron chi connectivity index (χ1n) is 6.25. The van der Waals surface area contributed by atoms with E-state index in [0.717, 1.165) is 12.1 Å². The monoisotopic (exact) mass is 279 g/mol. The Balaban J connectivity index is 2.22. The molecular weight excluding hydrogens is 262 g/mol. The molecule has 1 aromatic carbocycles. The van der Waals surface area contributed by atoms with Gasteiger partial charge in [-0.2, -0.15) is 0 Å². The van der Waals surface area contributed by atoms with E-state index in [4.69, 9.17) is 5.73 Å². The highest BCUT2D eigenvalue weighted by Crippen LogP contribution is 2.47. The van der Waals surface area contributed by atoms with E-state index < -0.39 is 9.84 Å². The first kappa shape index (κ1) is 12.5. The van der Waals surface area contributed by atoms with Crippen LogP contribution in [0.25, 0.3) is 11.0 Å². The second-order valence-corrected chi connectivity index (χ2v) is 7.75. The molecule has 1 aliphatic rings. The molecule has 0 saturated heterocycles. The van der Waals surface area contributed by atoms with Gasteiger partial charge in [0, 0.05) is 12.8 Å². The zero-order valence-corrected chi connectivity index (χ0v) is 11.9. The zero-order chi connectivity index (χ0) is 13.8. The summed E-state index contributed by atoms with van der Waals surface area (Å²) in [6.45, 7) is 3.00. The van der Waals surface area contributed by atoms with Crippen LogP contribution in [0.2, 0.25) is 0 Å². The van der Waals surface area contributed by atoms with E-state index in [0.29, 0.717) is 11.5 Å². The Morgan fingerprint density at radius 1 is 1.42 bits per heavy atom. The fourth-order valence-corrected chi connectivity index (χ4v) is 3.19. The van der Waals surface area contributed by atoms with Crippen molar-refractivity contribution < 1.29 is 8.42 Å². The summed E-state index contributed by atoms with van der Waals surface area (Å²) in [5.41, 5.74) is 7.52. The summed E-state index contributed by atoms with van der Waals surface area (Å²) in [4.78, 5) is 4.50.